The Balaban J connectivity index is 2.22. The van der Waals surface area contributed by atoms with Gasteiger partial charge in [-0.15, -0.1) is 0 Å². The summed E-state index contributed by atoms with van der Waals surface area (Å²) >= 11 is 0. The van der Waals surface area contributed by atoms with Crippen LogP contribution in [0.1, 0.15) is 60.3 Å². The predicted molar refractivity (Wildman–Crippen MR) is 88.9 cm³/mol. The molecule has 0 radical (unpaired) electrons. The quantitative estimate of drug-likeness (QED) is 0.611. The van der Waals surface area contributed by atoms with Crippen LogP contribution in [0.5, 0.6) is 0 Å². The van der Waals surface area contributed by atoms with E-state index in [-0.39, 0.29) is 19.4 Å². The first-order chi connectivity index (χ1) is 11.5. The molecule has 2 unspecified atom stereocenters. The molecule has 0 bridgehead atoms. The highest BCUT2D eigenvalue weighted by Gasteiger charge is 2.56. The van der Waals surface area contributed by atoms with Crippen molar-refractivity contribution in [2.45, 2.75) is 95.8 Å². The van der Waals surface area contributed by atoms with Crippen LogP contribution in [0.2, 0.25) is 0 Å². The fraction of sp³-hybridized carbons (Fsp3) is 1.00. The van der Waals surface area contributed by atoms with Crippen LogP contribution in [0.3, 0.4) is 0 Å². The van der Waals surface area contributed by atoms with Gasteiger partial charge in [0.05, 0.1) is 0 Å². The van der Waals surface area contributed by atoms with Crippen molar-refractivity contribution >= 4 is 0 Å². The monoisotopic (exact) mass is 388 g/mol. The maximum absolute atomic E-state index is 13.8. The van der Waals surface area contributed by atoms with E-state index in [2.05, 4.69) is 0 Å². The van der Waals surface area contributed by atoms with Crippen LogP contribution in [0.4, 0.5) is 26.3 Å². The van der Waals surface area contributed by atoms with E-state index in [9.17, 15) is 26.3 Å². The molecule has 26 heavy (non-hydrogen) atoms. The highest BCUT2D eigenvalue weighted by atomic mass is 19.4. The molecule has 2 fully saturated rings. The van der Waals surface area contributed by atoms with E-state index in [1.54, 1.807) is 34.6 Å². The van der Waals surface area contributed by atoms with Crippen LogP contribution in [0.15, 0.2) is 0 Å². The fourth-order valence-corrected chi connectivity index (χ4v) is 4.86. The minimum absolute atomic E-state index is 0.0222. The van der Waals surface area contributed by atoms with Gasteiger partial charge >= 0.3 is 12.4 Å². The molecule has 2 aliphatic heterocycles. The second kappa shape index (κ2) is 6.83. The minimum atomic E-state index is -4.39. The molecule has 0 aromatic carbocycles. The van der Waals surface area contributed by atoms with Gasteiger partial charge in [0.15, 0.2) is 0 Å². The number of hydrogen-bond donors (Lipinski definition) is 0. The molecule has 2 heterocycles. The third-order valence-electron chi connectivity index (χ3n) is 5.89. The number of alkyl halides is 6. The van der Waals surface area contributed by atoms with Crippen LogP contribution in [0, 0.1) is 5.92 Å². The van der Waals surface area contributed by atoms with Crippen molar-refractivity contribution in [3.05, 3.63) is 0 Å². The first-order valence-electron chi connectivity index (χ1n) is 9.22. The van der Waals surface area contributed by atoms with Crippen LogP contribution in [0.25, 0.3) is 0 Å². The molecule has 154 valence electrons. The molecule has 0 amide bonds. The summed E-state index contributed by atoms with van der Waals surface area (Å²) in [6.07, 6.45) is -7.82. The van der Waals surface area contributed by atoms with Crippen molar-refractivity contribution < 1.29 is 26.3 Å². The van der Waals surface area contributed by atoms with Gasteiger partial charge in [0.2, 0.25) is 0 Å². The van der Waals surface area contributed by atoms with Gasteiger partial charge in [-0.05, 0) is 79.3 Å². The van der Waals surface area contributed by atoms with Gasteiger partial charge < -0.3 is 0 Å². The van der Waals surface area contributed by atoms with Gasteiger partial charge in [-0.1, -0.05) is 0 Å². The number of rotatable bonds is 3. The molecule has 0 N–H and O–H groups in total. The topological polar surface area (TPSA) is 6.48 Å². The van der Waals surface area contributed by atoms with Gasteiger partial charge in [0.25, 0.3) is 0 Å². The average molecular weight is 388 g/mol. The molecule has 0 spiro atoms. The van der Waals surface area contributed by atoms with Crippen LogP contribution < -0.4 is 0 Å². The Bertz CT molecular complexity index is 491. The molecular weight excluding hydrogens is 358 g/mol. The van der Waals surface area contributed by atoms with Crippen molar-refractivity contribution in [1.82, 2.24) is 9.80 Å². The van der Waals surface area contributed by atoms with Crippen molar-refractivity contribution in [2.24, 2.45) is 5.92 Å². The van der Waals surface area contributed by atoms with E-state index in [0.29, 0.717) is 19.4 Å². The summed E-state index contributed by atoms with van der Waals surface area (Å²) in [6.45, 7) is 9.16. The molecule has 2 aliphatic rings. The highest BCUT2D eigenvalue weighted by Crippen LogP contribution is 2.46. The molecule has 0 aliphatic carbocycles. The number of halogens is 6. The van der Waals surface area contributed by atoms with E-state index >= 15 is 0 Å². The molecule has 2 saturated heterocycles. The first-order valence-corrected chi connectivity index (χ1v) is 9.22. The van der Waals surface area contributed by atoms with Gasteiger partial charge in [-0.3, -0.25) is 9.80 Å². The fourth-order valence-electron chi connectivity index (χ4n) is 4.86. The van der Waals surface area contributed by atoms with Crippen molar-refractivity contribution in [3.63, 3.8) is 0 Å². The van der Waals surface area contributed by atoms with E-state index in [1.165, 1.54) is 9.80 Å². The van der Waals surface area contributed by atoms with E-state index in [0.717, 1.165) is 0 Å². The summed E-state index contributed by atoms with van der Waals surface area (Å²) in [5, 5.41) is 0. The third kappa shape index (κ3) is 4.49. The molecular formula is C18H30F6N2. The van der Waals surface area contributed by atoms with Crippen molar-refractivity contribution in [1.29, 1.82) is 0 Å². The lowest BCUT2D eigenvalue weighted by molar-refractivity contribution is -0.203. The molecule has 2 rings (SSSR count). The summed E-state index contributed by atoms with van der Waals surface area (Å²) in [4.78, 5) is 2.83. The lowest BCUT2D eigenvalue weighted by Gasteiger charge is -2.44. The Kier molecular flexibility index (Phi) is 5.73. The highest BCUT2D eigenvalue weighted by molar-refractivity contribution is 5.02. The normalized spacial score (nSPS) is 30.3. The largest absolute Gasteiger partial charge is 0.404 e. The smallest absolute Gasteiger partial charge is 0.287 e. The molecule has 0 aromatic rings. The Labute approximate surface area is 151 Å². The zero-order valence-corrected chi connectivity index (χ0v) is 16.1. The summed E-state index contributed by atoms with van der Waals surface area (Å²) in [5.41, 5.74) is -1.57. The average Bonchev–Trinajstić information content (AvgIpc) is 3.00. The second-order valence-corrected chi connectivity index (χ2v) is 9.31. The van der Waals surface area contributed by atoms with Gasteiger partial charge in [-0.2, -0.15) is 26.3 Å². The summed E-state index contributed by atoms with van der Waals surface area (Å²) in [7, 11) is 0. The Hall–Kier alpha value is -0.500. The molecule has 0 aromatic heterocycles. The Morgan fingerprint density at radius 1 is 0.769 bits per heavy atom. The lowest BCUT2D eigenvalue weighted by atomic mass is 9.83. The van der Waals surface area contributed by atoms with Crippen LogP contribution in [-0.4, -0.2) is 58.4 Å². The summed E-state index contributed by atoms with van der Waals surface area (Å²) < 4.78 is 81.3. The van der Waals surface area contributed by atoms with E-state index in [1.807, 2.05) is 0 Å². The van der Waals surface area contributed by atoms with Crippen LogP contribution >= 0.6 is 0 Å². The number of hydrogen-bond acceptors (Lipinski definition) is 2. The Morgan fingerprint density at radius 3 is 1.81 bits per heavy atom. The van der Waals surface area contributed by atoms with E-state index < -0.39 is 41.4 Å². The molecule has 0 saturated carbocycles. The molecule has 3 atom stereocenters. The van der Waals surface area contributed by atoms with Gasteiger partial charge in [0.1, 0.15) is 12.1 Å². The molecule has 2 nitrogen and oxygen atoms in total. The van der Waals surface area contributed by atoms with Crippen molar-refractivity contribution in [3.8, 4) is 0 Å². The SMILES string of the molecule is CC(C)(C)N1CCC(CC(C)(C)N2CCC[C@@H]2C(F)(F)F)C1C(F)(F)F. The van der Waals surface area contributed by atoms with E-state index in [4.69, 9.17) is 0 Å². The maximum atomic E-state index is 13.8. The number of likely N-dealkylation sites (tertiary alicyclic amines) is 2. The second-order valence-electron chi connectivity index (χ2n) is 9.31. The zero-order chi connectivity index (χ0) is 20.1. The Morgan fingerprint density at radius 2 is 1.35 bits per heavy atom. The minimum Gasteiger partial charge on any atom is -0.287 e. The zero-order valence-electron chi connectivity index (χ0n) is 16.1. The summed E-state index contributed by atoms with van der Waals surface area (Å²) in [5.74, 6) is -0.696. The first kappa shape index (κ1) is 21.8. The lowest BCUT2D eigenvalue weighted by Crippen LogP contribution is -2.56. The van der Waals surface area contributed by atoms with Crippen LogP contribution in [-0.2, 0) is 0 Å². The van der Waals surface area contributed by atoms with Gasteiger partial charge in [-0.25, -0.2) is 0 Å². The maximum Gasteiger partial charge on any atom is 0.404 e. The molecule has 8 heteroatoms. The third-order valence-corrected chi connectivity index (χ3v) is 5.89. The van der Waals surface area contributed by atoms with Gasteiger partial charge in [0, 0.05) is 11.1 Å². The van der Waals surface area contributed by atoms with Crippen molar-refractivity contribution in [2.75, 3.05) is 13.1 Å². The predicted octanol–water partition coefficient (Wildman–Crippen LogP) is 5.23. The summed E-state index contributed by atoms with van der Waals surface area (Å²) in [6, 6.07) is -3.16. The standard InChI is InChI=1S/C18H30F6N2/c1-15(2,3)26-10-8-12(14(26)18(22,23)24)11-16(4,5)25-9-6-7-13(25)17(19,20)21/h12-14H,6-11H2,1-5H3/t12?,13-,14?/m1/s1. The number of nitrogens with zero attached hydrogens (tertiary/aromatic N) is 2.